The fourth-order valence-corrected chi connectivity index (χ4v) is 0.970. The molecule has 0 bridgehead atoms. The second-order valence-corrected chi connectivity index (χ2v) is 2.59. The number of carbonyl (C=O) groups is 1. The Kier molecular flexibility index (Phi) is 2.28. The summed E-state index contributed by atoms with van der Waals surface area (Å²) in [5.74, 6) is 0.778. The highest BCUT2D eigenvalue weighted by atomic mass is 16.4. The molecule has 15 heavy (non-hydrogen) atoms. The Hall–Kier alpha value is -2.44. The van der Waals surface area contributed by atoms with Crippen molar-refractivity contribution in [2.75, 3.05) is 5.32 Å². The fourth-order valence-electron chi connectivity index (χ4n) is 0.970. The number of aromatic nitrogens is 3. The topological polar surface area (TPSA) is 101 Å². The molecule has 1 amide bonds. The monoisotopic (exact) mass is 206 g/mol. The zero-order valence-electron chi connectivity index (χ0n) is 7.41. The molecule has 0 aliphatic rings. The van der Waals surface area contributed by atoms with E-state index in [1.54, 1.807) is 0 Å². The maximum absolute atomic E-state index is 10.3. The van der Waals surface area contributed by atoms with Gasteiger partial charge in [0.25, 0.3) is 0 Å². The van der Waals surface area contributed by atoms with Crippen LogP contribution in [0.1, 0.15) is 0 Å². The third-order valence-corrected chi connectivity index (χ3v) is 1.56. The fraction of sp³-hybridized carbons (Fsp3) is 0. The molecule has 2 aromatic heterocycles. The summed E-state index contributed by atoms with van der Waals surface area (Å²) < 4.78 is 4.97. The molecule has 0 unspecified atom stereocenters. The van der Waals surface area contributed by atoms with Crippen molar-refractivity contribution in [2.24, 2.45) is 0 Å². The van der Waals surface area contributed by atoms with Crippen LogP contribution in [-0.2, 0) is 0 Å². The summed E-state index contributed by atoms with van der Waals surface area (Å²) in [7, 11) is 0. The van der Waals surface area contributed by atoms with Crippen LogP contribution in [0.15, 0.2) is 29.4 Å². The number of hydrogen-bond donors (Lipinski definition) is 2. The van der Waals surface area contributed by atoms with Crippen molar-refractivity contribution in [3.05, 3.63) is 25.0 Å². The summed E-state index contributed by atoms with van der Waals surface area (Å²) in [5.41, 5.74) is 0.297. The number of nitrogens with one attached hydrogen (secondary N) is 1. The van der Waals surface area contributed by atoms with Crippen LogP contribution in [-0.4, -0.2) is 26.2 Å². The number of hydrogen-bond acceptors (Lipinski definition) is 5. The smallest absolute Gasteiger partial charge is 0.409 e. The van der Waals surface area contributed by atoms with Gasteiger partial charge in [-0.05, 0) is 0 Å². The van der Waals surface area contributed by atoms with Crippen LogP contribution in [0.25, 0.3) is 11.6 Å². The van der Waals surface area contributed by atoms with Gasteiger partial charge in [0.05, 0.1) is 24.3 Å². The van der Waals surface area contributed by atoms with Gasteiger partial charge in [0.15, 0.2) is 18.0 Å². The first kappa shape index (κ1) is 9.13. The van der Waals surface area contributed by atoms with E-state index in [1.165, 1.54) is 25.0 Å². The van der Waals surface area contributed by atoms with E-state index in [0.717, 1.165) is 0 Å². The van der Waals surface area contributed by atoms with E-state index in [9.17, 15) is 4.79 Å². The molecule has 7 nitrogen and oxygen atoms in total. The first-order chi connectivity index (χ1) is 7.25. The number of amides is 1. The van der Waals surface area contributed by atoms with Gasteiger partial charge >= 0.3 is 6.09 Å². The Morgan fingerprint density at radius 2 is 2.07 bits per heavy atom. The van der Waals surface area contributed by atoms with Crippen LogP contribution in [0.2, 0.25) is 0 Å². The van der Waals surface area contributed by atoms with Gasteiger partial charge in [0.2, 0.25) is 0 Å². The summed E-state index contributed by atoms with van der Waals surface area (Å²) >= 11 is 0. The number of rotatable bonds is 2. The molecule has 0 aromatic carbocycles. The average molecular weight is 206 g/mol. The summed E-state index contributed by atoms with van der Waals surface area (Å²) in [4.78, 5) is 21.8. The molecule has 0 atom stereocenters. The molecule has 76 valence electrons. The Labute approximate surface area is 83.8 Å². The van der Waals surface area contributed by atoms with E-state index >= 15 is 0 Å². The number of anilines is 1. The molecule has 0 aliphatic heterocycles. The Morgan fingerprint density at radius 3 is 2.60 bits per heavy atom. The minimum Gasteiger partial charge on any atom is -0.465 e. The van der Waals surface area contributed by atoms with Crippen LogP contribution in [0.3, 0.4) is 0 Å². The molecule has 2 rings (SSSR count). The van der Waals surface area contributed by atoms with Crippen molar-refractivity contribution < 1.29 is 14.3 Å². The zero-order valence-corrected chi connectivity index (χ0v) is 7.41. The summed E-state index contributed by atoms with van der Waals surface area (Å²) in [6.45, 7) is 0. The molecular weight excluding hydrogens is 200 g/mol. The standard InChI is InChI=1S/C8H6N4O3/c13-8(14)12-5-1-10-7(11-2-5)6-3-9-4-15-6/h1-4,12H,(H,13,14). The maximum atomic E-state index is 10.3. The highest BCUT2D eigenvalue weighted by molar-refractivity contribution is 5.82. The van der Waals surface area contributed by atoms with Gasteiger partial charge in [-0.15, -0.1) is 0 Å². The molecule has 2 heterocycles. The van der Waals surface area contributed by atoms with Crippen LogP contribution in [0.5, 0.6) is 0 Å². The zero-order chi connectivity index (χ0) is 10.7. The Bertz CT molecular complexity index is 451. The lowest BCUT2D eigenvalue weighted by Gasteiger charge is -1.99. The molecular formula is C8H6N4O3. The van der Waals surface area contributed by atoms with Gasteiger partial charge in [-0.1, -0.05) is 0 Å². The van der Waals surface area contributed by atoms with Crippen molar-refractivity contribution in [3.63, 3.8) is 0 Å². The van der Waals surface area contributed by atoms with Crippen molar-refractivity contribution in [1.29, 1.82) is 0 Å². The molecule has 7 heteroatoms. The second-order valence-electron chi connectivity index (χ2n) is 2.59. The Balaban J connectivity index is 2.21. The minimum absolute atomic E-state index is 0.297. The first-order valence-electron chi connectivity index (χ1n) is 3.96. The predicted octanol–water partition coefficient (Wildman–Crippen LogP) is 1.22. The molecule has 0 radical (unpaired) electrons. The normalized spacial score (nSPS) is 9.87. The van der Waals surface area contributed by atoms with E-state index in [1.807, 2.05) is 0 Å². The molecule has 0 saturated carbocycles. The average Bonchev–Trinajstić information content (AvgIpc) is 2.71. The van der Waals surface area contributed by atoms with Gasteiger partial charge in [0, 0.05) is 0 Å². The van der Waals surface area contributed by atoms with E-state index in [0.29, 0.717) is 17.3 Å². The number of oxazole rings is 1. The highest BCUT2D eigenvalue weighted by Gasteiger charge is 2.05. The van der Waals surface area contributed by atoms with Crippen molar-refractivity contribution in [1.82, 2.24) is 15.0 Å². The maximum Gasteiger partial charge on any atom is 0.409 e. The predicted molar refractivity (Wildman–Crippen MR) is 49.2 cm³/mol. The van der Waals surface area contributed by atoms with Crippen molar-refractivity contribution >= 4 is 11.8 Å². The van der Waals surface area contributed by atoms with Gasteiger partial charge < -0.3 is 9.52 Å². The first-order valence-corrected chi connectivity index (χ1v) is 3.96. The third kappa shape index (κ3) is 2.08. The van der Waals surface area contributed by atoms with Crippen LogP contribution >= 0.6 is 0 Å². The lowest BCUT2D eigenvalue weighted by atomic mass is 10.4. The summed E-state index contributed by atoms with van der Waals surface area (Å²) in [6, 6.07) is 0. The molecule has 0 saturated heterocycles. The molecule has 0 aliphatic carbocycles. The van der Waals surface area contributed by atoms with Crippen molar-refractivity contribution in [2.45, 2.75) is 0 Å². The van der Waals surface area contributed by atoms with Gasteiger partial charge in [-0.2, -0.15) is 0 Å². The van der Waals surface area contributed by atoms with E-state index in [4.69, 9.17) is 9.52 Å². The lowest BCUT2D eigenvalue weighted by molar-refractivity contribution is 0.209. The molecule has 0 spiro atoms. The van der Waals surface area contributed by atoms with E-state index in [2.05, 4.69) is 20.3 Å². The molecule has 2 N–H and O–H groups in total. The van der Waals surface area contributed by atoms with Crippen LogP contribution in [0, 0.1) is 0 Å². The van der Waals surface area contributed by atoms with Gasteiger partial charge in [-0.25, -0.2) is 19.7 Å². The number of nitrogens with zero attached hydrogens (tertiary/aromatic N) is 3. The van der Waals surface area contributed by atoms with Crippen LogP contribution in [0.4, 0.5) is 10.5 Å². The lowest BCUT2D eigenvalue weighted by Crippen LogP contribution is -2.07. The molecule has 2 aromatic rings. The second kappa shape index (κ2) is 3.74. The Morgan fingerprint density at radius 1 is 1.33 bits per heavy atom. The SMILES string of the molecule is O=C(O)Nc1cnc(-c2cnco2)nc1. The quantitative estimate of drug-likeness (QED) is 0.765. The third-order valence-electron chi connectivity index (χ3n) is 1.56. The molecule has 0 fully saturated rings. The largest absolute Gasteiger partial charge is 0.465 e. The summed E-state index contributed by atoms with van der Waals surface area (Å²) in [5, 5.41) is 10.5. The van der Waals surface area contributed by atoms with E-state index in [-0.39, 0.29) is 0 Å². The summed E-state index contributed by atoms with van der Waals surface area (Å²) in [6.07, 6.45) is 4.27. The minimum atomic E-state index is -1.16. The van der Waals surface area contributed by atoms with Crippen molar-refractivity contribution in [3.8, 4) is 11.6 Å². The number of carboxylic acid groups (broad SMARTS) is 1. The van der Waals surface area contributed by atoms with Gasteiger partial charge in [-0.3, -0.25) is 5.32 Å². The highest BCUT2D eigenvalue weighted by Crippen LogP contribution is 2.13. The van der Waals surface area contributed by atoms with Gasteiger partial charge in [0.1, 0.15) is 0 Å². The van der Waals surface area contributed by atoms with E-state index < -0.39 is 6.09 Å². The van der Waals surface area contributed by atoms with Crippen LogP contribution < -0.4 is 5.32 Å².